The van der Waals surface area contributed by atoms with Gasteiger partial charge in [0, 0.05) is 11.3 Å². The van der Waals surface area contributed by atoms with E-state index < -0.39 is 5.91 Å². The van der Waals surface area contributed by atoms with Crippen LogP contribution in [0.25, 0.3) is 0 Å². The van der Waals surface area contributed by atoms with Crippen LogP contribution in [0, 0.1) is 0 Å². The summed E-state index contributed by atoms with van der Waals surface area (Å²) in [5, 5.41) is 2.74. The Hall–Kier alpha value is -1.66. The Morgan fingerprint density at radius 2 is 1.78 bits per heavy atom. The van der Waals surface area contributed by atoms with Gasteiger partial charge in [-0.15, -0.1) is 11.3 Å². The van der Waals surface area contributed by atoms with Gasteiger partial charge >= 0.3 is 0 Å². The fourth-order valence-electron chi connectivity index (χ4n) is 1.35. The predicted molar refractivity (Wildman–Crippen MR) is 74.9 cm³/mol. The van der Waals surface area contributed by atoms with Crippen LogP contribution in [0.5, 0.6) is 0 Å². The van der Waals surface area contributed by atoms with E-state index in [1.165, 1.54) is 11.3 Å². The molecule has 2 rings (SSSR count). The van der Waals surface area contributed by atoms with Crippen molar-refractivity contribution in [2.75, 3.05) is 5.32 Å². The van der Waals surface area contributed by atoms with E-state index in [1.54, 1.807) is 30.3 Å². The molecule has 6 heteroatoms. The Kier molecular flexibility index (Phi) is 3.78. The van der Waals surface area contributed by atoms with Crippen molar-refractivity contribution in [1.82, 2.24) is 0 Å². The van der Waals surface area contributed by atoms with Crippen molar-refractivity contribution < 1.29 is 9.59 Å². The maximum Gasteiger partial charge on any atom is 0.265 e. The molecule has 4 nitrogen and oxygen atoms in total. The van der Waals surface area contributed by atoms with Crippen molar-refractivity contribution in [1.29, 1.82) is 0 Å². The van der Waals surface area contributed by atoms with Gasteiger partial charge in [0.25, 0.3) is 5.91 Å². The molecular weight excluding hydrogens is 316 g/mol. The number of primary amides is 1. The SMILES string of the molecule is NC(=O)c1ccc(NC(=O)c2ccc(Br)s2)cc1. The Balaban J connectivity index is 2.10. The van der Waals surface area contributed by atoms with Crippen molar-refractivity contribution in [3.05, 3.63) is 50.6 Å². The van der Waals surface area contributed by atoms with Gasteiger partial charge < -0.3 is 11.1 Å². The van der Waals surface area contributed by atoms with E-state index in [0.29, 0.717) is 16.1 Å². The topological polar surface area (TPSA) is 72.2 Å². The van der Waals surface area contributed by atoms with Crippen LogP contribution in [0.4, 0.5) is 5.69 Å². The van der Waals surface area contributed by atoms with Crippen LogP contribution in [-0.2, 0) is 0 Å². The average Bonchev–Trinajstić information content (AvgIpc) is 2.76. The Labute approximate surface area is 116 Å². The van der Waals surface area contributed by atoms with Gasteiger partial charge in [-0.05, 0) is 52.3 Å². The molecular formula is C12H9BrN2O2S. The minimum absolute atomic E-state index is 0.183. The summed E-state index contributed by atoms with van der Waals surface area (Å²) < 4.78 is 0.900. The lowest BCUT2D eigenvalue weighted by atomic mass is 10.2. The summed E-state index contributed by atoms with van der Waals surface area (Å²) in [5.74, 6) is -0.674. The largest absolute Gasteiger partial charge is 0.366 e. The smallest absolute Gasteiger partial charge is 0.265 e. The monoisotopic (exact) mass is 324 g/mol. The van der Waals surface area contributed by atoms with Gasteiger partial charge in [-0.1, -0.05) is 0 Å². The van der Waals surface area contributed by atoms with Crippen molar-refractivity contribution in [3.63, 3.8) is 0 Å². The van der Waals surface area contributed by atoms with Gasteiger partial charge in [0.15, 0.2) is 0 Å². The lowest BCUT2D eigenvalue weighted by Crippen LogP contribution is -2.12. The molecule has 0 saturated heterocycles. The predicted octanol–water partition coefficient (Wildman–Crippen LogP) is 2.86. The number of hydrogen-bond acceptors (Lipinski definition) is 3. The molecule has 0 spiro atoms. The molecule has 0 atom stereocenters. The minimum atomic E-state index is -0.491. The molecule has 0 unspecified atom stereocenters. The van der Waals surface area contributed by atoms with E-state index >= 15 is 0 Å². The molecule has 0 saturated carbocycles. The highest BCUT2D eigenvalue weighted by Crippen LogP contribution is 2.23. The molecule has 2 amide bonds. The molecule has 1 heterocycles. The quantitative estimate of drug-likeness (QED) is 0.911. The van der Waals surface area contributed by atoms with Crippen molar-refractivity contribution >= 4 is 44.8 Å². The third-order valence-electron chi connectivity index (χ3n) is 2.22. The highest BCUT2D eigenvalue weighted by atomic mass is 79.9. The van der Waals surface area contributed by atoms with Gasteiger partial charge in [-0.3, -0.25) is 9.59 Å². The molecule has 0 fully saturated rings. The Morgan fingerprint density at radius 1 is 1.11 bits per heavy atom. The zero-order valence-electron chi connectivity index (χ0n) is 9.14. The van der Waals surface area contributed by atoms with Crippen LogP contribution in [0.2, 0.25) is 0 Å². The fraction of sp³-hybridized carbons (Fsp3) is 0. The number of hydrogen-bond donors (Lipinski definition) is 2. The summed E-state index contributed by atoms with van der Waals surface area (Å²) >= 11 is 4.65. The van der Waals surface area contributed by atoms with Crippen LogP contribution in [0.3, 0.4) is 0 Å². The lowest BCUT2D eigenvalue weighted by molar-refractivity contribution is 0.0998. The second-order valence-corrected chi connectivity index (χ2v) is 5.96. The molecule has 0 bridgehead atoms. The highest BCUT2D eigenvalue weighted by Gasteiger charge is 2.09. The van der Waals surface area contributed by atoms with E-state index in [4.69, 9.17) is 5.73 Å². The molecule has 0 radical (unpaired) electrons. The second-order valence-electron chi connectivity index (χ2n) is 3.50. The summed E-state index contributed by atoms with van der Waals surface area (Å²) in [5.41, 5.74) is 6.16. The number of benzene rings is 1. The number of nitrogens with two attached hydrogens (primary N) is 1. The molecule has 2 aromatic rings. The standard InChI is InChI=1S/C12H9BrN2O2S/c13-10-6-5-9(18-10)12(17)15-8-3-1-7(2-4-8)11(14)16/h1-6H,(H2,14,16)(H,15,17). The van der Waals surface area contributed by atoms with E-state index in [9.17, 15) is 9.59 Å². The molecule has 1 aromatic carbocycles. The summed E-state index contributed by atoms with van der Waals surface area (Å²) in [4.78, 5) is 23.3. The van der Waals surface area contributed by atoms with Gasteiger partial charge in [0.2, 0.25) is 5.91 Å². The van der Waals surface area contributed by atoms with Crippen LogP contribution < -0.4 is 11.1 Å². The number of rotatable bonds is 3. The zero-order valence-corrected chi connectivity index (χ0v) is 11.5. The number of carbonyl (C=O) groups is 2. The first-order chi connectivity index (χ1) is 8.56. The Bertz CT molecular complexity index is 592. The summed E-state index contributed by atoms with van der Waals surface area (Å²) in [7, 11) is 0. The van der Waals surface area contributed by atoms with E-state index in [2.05, 4.69) is 21.2 Å². The number of anilines is 1. The van der Waals surface area contributed by atoms with Crippen molar-refractivity contribution in [2.45, 2.75) is 0 Å². The molecule has 3 N–H and O–H groups in total. The van der Waals surface area contributed by atoms with Gasteiger partial charge in [0.05, 0.1) is 8.66 Å². The number of halogens is 1. The van der Waals surface area contributed by atoms with E-state index in [0.717, 1.165) is 3.79 Å². The minimum Gasteiger partial charge on any atom is -0.366 e. The van der Waals surface area contributed by atoms with Gasteiger partial charge in [-0.2, -0.15) is 0 Å². The van der Waals surface area contributed by atoms with Crippen LogP contribution in [-0.4, -0.2) is 11.8 Å². The van der Waals surface area contributed by atoms with Crippen LogP contribution in [0.15, 0.2) is 40.2 Å². The Morgan fingerprint density at radius 3 is 2.28 bits per heavy atom. The molecule has 0 aliphatic carbocycles. The number of thiophene rings is 1. The summed E-state index contributed by atoms with van der Waals surface area (Å²) in [6.45, 7) is 0. The molecule has 0 aliphatic heterocycles. The average molecular weight is 325 g/mol. The fourth-order valence-corrected chi connectivity index (χ4v) is 2.63. The van der Waals surface area contributed by atoms with Crippen LogP contribution in [0.1, 0.15) is 20.0 Å². The van der Waals surface area contributed by atoms with Crippen LogP contribution >= 0.6 is 27.3 Å². The first-order valence-electron chi connectivity index (χ1n) is 5.03. The second kappa shape index (κ2) is 5.32. The third kappa shape index (κ3) is 2.96. The summed E-state index contributed by atoms with van der Waals surface area (Å²) in [6.07, 6.45) is 0. The highest BCUT2D eigenvalue weighted by molar-refractivity contribution is 9.11. The lowest BCUT2D eigenvalue weighted by Gasteiger charge is -2.03. The number of nitrogens with one attached hydrogen (secondary N) is 1. The number of carbonyl (C=O) groups excluding carboxylic acids is 2. The molecule has 1 aromatic heterocycles. The van der Waals surface area contributed by atoms with Crippen molar-refractivity contribution in [3.8, 4) is 0 Å². The normalized spacial score (nSPS) is 10.1. The maximum absolute atomic E-state index is 11.8. The first-order valence-corrected chi connectivity index (χ1v) is 6.64. The number of amides is 2. The van der Waals surface area contributed by atoms with E-state index in [-0.39, 0.29) is 5.91 Å². The maximum atomic E-state index is 11.8. The van der Waals surface area contributed by atoms with Gasteiger partial charge in [0.1, 0.15) is 0 Å². The molecule has 92 valence electrons. The molecule has 0 aliphatic rings. The van der Waals surface area contributed by atoms with Gasteiger partial charge in [-0.25, -0.2) is 0 Å². The molecule has 18 heavy (non-hydrogen) atoms. The first kappa shape index (κ1) is 12.8. The van der Waals surface area contributed by atoms with E-state index in [1.807, 2.05) is 6.07 Å². The zero-order chi connectivity index (χ0) is 13.1. The summed E-state index contributed by atoms with van der Waals surface area (Å²) in [6, 6.07) is 9.98. The van der Waals surface area contributed by atoms with Crippen molar-refractivity contribution in [2.24, 2.45) is 5.73 Å². The third-order valence-corrected chi connectivity index (χ3v) is 3.85.